The Kier molecular flexibility index (Phi) is 5.78. The molecule has 0 radical (unpaired) electrons. The molecule has 2 aromatic rings. The van der Waals surface area contributed by atoms with Gasteiger partial charge in [0.1, 0.15) is 34.8 Å². The summed E-state index contributed by atoms with van der Waals surface area (Å²) in [5.74, 6) is 0.433. The molecule has 128 valence electrons. The van der Waals surface area contributed by atoms with Crippen molar-refractivity contribution < 1.29 is 4.74 Å². The van der Waals surface area contributed by atoms with Crippen LogP contribution in [0.25, 0.3) is 11.1 Å². The van der Waals surface area contributed by atoms with Crippen molar-refractivity contribution in [1.29, 1.82) is 10.5 Å². The number of nitrogens with zero attached hydrogens (tertiary/aromatic N) is 3. The van der Waals surface area contributed by atoms with E-state index in [0.717, 1.165) is 13.0 Å². The van der Waals surface area contributed by atoms with Crippen LogP contribution in [-0.2, 0) is 0 Å². The molecule has 0 aliphatic heterocycles. The Morgan fingerprint density at radius 2 is 1.88 bits per heavy atom. The van der Waals surface area contributed by atoms with Crippen molar-refractivity contribution in [3.05, 3.63) is 45.7 Å². The van der Waals surface area contributed by atoms with Crippen LogP contribution in [0.4, 0.5) is 5.82 Å². The molecular weight excluding hydrogens is 318 g/mol. The van der Waals surface area contributed by atoms with Gasteiger partial charge < -0.3 is 20.4 Å². The number of hydrogen-bond acceptors (Lipinski definition) is 6. The highest BCUT2D eigenvalue weighted by Crippen LogP contribution is 2.35. The number of nitrogens with one attached hydrogen (secondary N) is 1. The number of rotatable bonds is 6. The number of nitriles is 2. The summed E-state index contributed by atoms with van der Waals surface area (Å²) < 4.78 is 5.82. The van der Waals surface area contributed by atoms with E-state index in [1.165, 1.54) is 0 Å². The van der Waals surface area contributed by atoms with Crippen LogP contribution < -0.4 is 16.0 Å². The lowest BCUT2D eigenvalue weighted by Crippen LogP contribution is -2.17. The highest BCUT2D eigenvalue weighted by molar-refractivity contribution is 5.83. The fraction of sp³-hybridized carbons (Fsp3) is 0.278. The zero-order chi connectivity index (χ0) is 18.4. The Bertz CT molecular complexity index is 903. The van der Waals surface area contributed by atoms with Crippen molar-refractivity contribution in [2.24, 2.45) is 0 Å². The van der Waals surface area contributed by atoms with Gasteiger partial charge in [-0.2, -0.15) is 10.5 Å². The number of para-hydroxylation sites is 1. The van der Waals surface area contributed by atoms with Crippen LogP contribution in [0.5, 0.6) is 5.75 Å². The van der Waals surface area contributed by atoms with Crippen molar-refractivity contribution in [1.82, 2.24) is 9.88 Å². The fourth-order valence-corrected chi connectivity index (χ4v) is 2.47. The number of aromatic nitrogens is 1. The van der Waals surface area contributed by atoms with Gasteiger partial charge in [0.05, 0.1) is 6.61 Å². The Balaban J connectivity index is 2.52. The van der Waals surface area contributed by atoms with E-state index < -0.39 is 5.56 Å². The normalized spacial score (nSPS) is 10.3. The van der Waals surface area contributed by atoms with E-state index in [1.807, 2.05) is 31.1 Å². The molecule has 1 aromatic heterocycles. The maximum atomic E-state index is 12.1. The molecule has 0 atom stereocenters. The Morgan fingerprint density at radius 1 is 1.20 bits per heavy atom. The summed E-state index contributed by atoms with van der Waals surface area (Å²) >= 11 is 0. The SMILES string of the molecule is CN(C)CCCOc1ccccc1-c1c(C#N)c(N)[nH]c(=O)c1C#N. The molecule has 1 heterocycles. The Labute approximate surface area is 145 Å². The Morgan fingerprint density at radius 3 is 2.52 bits per heavy atom. The summed E-state index contributed by atoms with van der Waals surface area (Å²) in [6.07, 6.45) is 0.815. The van der Waals surface area contributed by atoms with Crippen molar-refractivity contribution in [2.75, 3.05) is 33.0 Å². The number of pyridine rings is 1. The predicted octanol–water partition coefficient (Wildman–Crippen LogP) is 1.70. The van der Waals surface area contributed by atoms with Gasteiger partial charge in [-0.25, -0.2) is 0 Å². The van der Waals surface area contributed by atoms with Gasteiger partial charge in [-0.3, -0.25) is 4.79 Å². The average molecular weight is 337 g/mol. The van der Waals surface area contributed by atoms with Crippen molar-refractivity contribution >= 4 is 5.82 Å². The Hall–Kier alpha value is -3.29. The van der Waals surface area contributed by atoms with Crippen LogP contribution in [0.1, 0.15) is 17.5 Å². The molecule has 0 fully saturated rings. The minimum Gasteiger partial charge on any atom is -0.493 e. The van der Waals surface area contributed by atoms with Gasteiger partial charge in [0.15, 0.2) is 0 Å². The summed E-state index contributed by atoms with van der Waals surface area (Å²) in [5.41, 5.74) is 5.74. The molecular formula is C18H19N5O2. The van der Waals surface area contributed by atoms with Crippen LogP contribution in [-0.4, -0.2) is 37.1 Å². The molecule has 0 aliphatic rings. The molecule has 1 aromatic carbocycles. The van der Waals surface area contributed by atoms with Crippen molar-refractivity contribution in [3.63, 3.8) is 0 Å². The van der Waals surface area contributed by atoms with Gasteiger partial charge in [-0.15, -0.1) is 0 Å². The number of nitrogen functional groups attached to an aromatic ring is 1. The van der Waals surface area contributed by atoms with Gasteiger partial charge in [0.2, 0.25) is 0 Å². The smallest absolute Gasteiger partial charge is 0.268 e. The zero-order valence-corrected chi connectivity index (χ0v) is 14.2. The third kappa shape index (κ3) is 3.97. The second-order valence-electron chi connectivity index (χ2n) is 5.72. The summed E-state index contributed by atoms with van der Waals surface area (Å²) in [6, 6.07) is 10.8. The van der Waals surface area contributed by atoms with E-state index in [0.29, 0.717) is 17.9 Å². The highest BCUT2D eigenvalue weighted by Gasteiger charge is 2.20. The maximum Gasteiger partial charge on any atom is 0.268 e. The van der Waals surface area contributed by atoms with Crippen LogP contribution in [0.15, 0.2) is 29.1 Å². The number of hydrogen-bond donors (Lipinski definition) is 2. The quantitative estimate of drug-likeness (QED) is 0.774. The molecule has 0 saturated heterocycles. The van der Waals surface area contributed by atoms with E-state index in [2.05, 4.69) is 4.98 Å². The first-order valence-corrected chi connectivity index (χ1v) is 7.72. The van der Waals surface area contributed by atoms with Gasteiger partial charge in [-0.1, -0.05) is 18.2 Å². The van der Waals surface area contributed by atoms with E-state index >= 15 is 0 Å². The number of nitrogens with two attached hydrogens (primary N) is 1. The molecule has 3 N–H and O–H groups in total. The van der Waals surface area contributed by atoms with Crippen molar-refractivity contribution in [3.8, 4) is 29.0 Å². The van der Waals surface area contributed by atoms with Gasteiger partial charge in [0.25, 0.3) is 5.56 Å². The summed E-state index contributed by atoms with van der Waals surface area (Å²) in [7, 11) is 3.96. The second-order valence-corrected chi connectivity index (χ2v) is 5.72. The molecule has 25 heavy (non-hydrogen) atoms. The van der Waals surface area contributed by atoms with Crippen LogP contribution in [0.2, 0.25) is 0 Å². The lowest BCUT2D eigenvalue weighted by Gasteiger charge is -2.15. The maximum absolute atomic E-state index is 12.1. The van der Waals surface area contributed by atoms with Crippen LogP contribution >= 0.6 is 0 Å². The summed E-state index contributed by atoms with van der Waals surface area (Å²) in [6.45, 7) is 1.34. The molecule has 0 saturated carbocycles. The molecule has 0 spiro atoms. The summed E-state index contributed by atoms with van der Waals surface area (Å²) in [5, 5.41) is 18.8. The number of benzene rings is 1. The topological polar surface area (TPSA) is 119 Å². The first-order valence-electron chi connectivity index (χ1n) is 7.72. The minimum atomic E-state index is -0.628. The second kappa shape index (κ2) is 8.00. The molecule has 7 nitrogen and oxygen atoms in total. The third-order valence-corrected chi connectivity index (χ3v) is 3.63. The van der Waals surface area contributed by atoms with Crippen LogP contribution in [0.3, 0.4) is 0 Å². The zero-order valence-electron chi connectivity index (χ0n) is 14.2. The molecule has 0 bridgehead atoms. The predicted molar refractivity (Wildman–Crippen MR) is 95.0 cm³/mol. The lowest BCUT2D eigenvalue weighted by atomic mass is 9.96. The van der Waals surface area contributed by atoms with E-state index in [-0.39, 0.29) is 22.5 Å². The largest absolute Gasteiger partial charge is 0.493 e. The lowest BCUT2D eigenvalue weighted by molar-refractivity contribution is 0.282. The molecule has 0 amide bonds. The minimum absolute atomic E-state index is 0.0560. The van der Waals surface area contributed by atoms with E-state index in [4.69, 9.17) is 10.5 Å². The first kappa shape index (κ1) is 18.1. The van der Waals surface area contributed by atoms with E-state index in [1.54, 1.807) is 24.3 Å². The number of aromatic amines is 1. The number of anilines is 1. The monoisotopic (exact) mass is 337 g/mol. The molecule has 0 aliphatic carbocycles. The van der Waals surface area contributed by atoms with Gasteiger partial charge in [-0.05, 0) is 26.6 Å². The standard InChI is InChI=1S/C18H19N5O2/c1-23(2)8-5-9-25-15-7-4-3-6-12(15)16-13(10-19)17(21)22-18(24)14(16)11-20/h3-4,6-7H,5,8-9H2,1-2H3,(H3,21,22,24). The van der Waals surface area contributed by atoms with Crippen molar-refractivity contribution in [2.45, 2.75) is 6.42 Å². The van der Waals surface area contributed by atoms with E-state index in [9.17, 15) is 15.3 Å². The highest BCUT2D eigenvalue weighted by atomic mass is 16.5. The third-order valence-electron chi connectivity index (χ3n) is 3.63. The van der Waals surface area contributed by atoms with Crippen LogP contribution in [0, 0.1) is 22.7 Å². The molecule has 0 unspecified atom stereocenters. The first-order chi connectivity index (χ1) is 12.0. The van der Waals surface area contributed by atoms with Gasteiger partial charge >= 0.3 is 0 Å². The van der Waals surface area contributed by atoms with Gasteiger partial charge in [0, 0.05) is 17.7 Å². The number of H-pyrrole nitrogens is 1. The summed E-state index contributed by atoms with van der Waals surface area (Å²) in [4.78, 5) is 16.5. The fourth-order valence-electron chi connectivity index (χ4n) is 2.47. The molecule has 7 heteroatoms. The molecule has 2 rings (SSSR count). The average Bonchev–Trinajstić information content (AvgIpc) is 2.58. The number of ether oxygens (including phenoxy) is 1.